The van der Waals surface area contributed by atoms with Gasteiger partial charge in [-0.1, -0.05) is 18.2 Å². The Bertz CT molecular complexity index is 417. The van der Waals surface area contributed by atoms with Crippen molar-refractivity contribution >= 4 is 5.57 Å². The Morgan fingerprint density at radius 2 is 1.65 bits per heavy atom. The summed E-state index contributed by atoms with van der Waals surface area (Å²) in [5.74, 6) is 1.69. The molecule has 0 aliphatic carbocycles. The molecule has 0 atom stereocenters. The second kappa shape index (κ2) is 6.14. The van der Waals surface area contributed by atoms with Crippen molar-refractivity contribution in [2.75, 3.05) is 14.2 Å². The number of allylic oxidation sites excluding steroid dienone is 4. The van der Waals surface area contributed by atoms with Gasteiger partial charge in [0, 0.05) is 0 Å². The van der Waals surface area contributed by atoms with Crippen molar-refractivity contribution in [2.45, 2.75) is 20.8 Å². The largest absolute Gasteiger partial charge is 0.496 e. The van der Waals surface area contributed by atoms with E-state index in [1.54, 1.807) is 14.2 Å². The van der Waals surface area contributed by atoms with Crippen molar-refractivity contribution in [1.29, 1.82) is 0 Å². The molecule has 0 heterocycles. The third kappa shape index (κ3) is 3.13. The summed E-state index contributed by atoms with van der Waals surface area (Å²) in [6.07, 6.45) is 6.06. The van der Waals surface area contributed by atoms with Gasteiger partial charge in [0.1, 0.15) is 11.5 Å². The topological polar surface area (TPSA) is 18.5 Å². The van der Waals surface area contributed by atoms with Crippen LogP contribution in [0.15, 0.2) is 30.4 Å². The first-order chi connectivity index (χ1) is 8.13. The Morgan fingerprint density at radius 3 is 2.06 bits per heavy atom. The van der Waals surface area contributed by atoms with Crippen LogP contribution < -0.4 is 9.47 Å². The summed E-state index contributed by atoms with van der Waals surface area (Å²) in [7, 11) is 3.36. The summed E-state index contributed by atoms with van der Waals surface area (Å²) in [6, 6.07) is 4.04. The highest BCUT2D eigenvalue weighted by atomic mass is 16.5. The average Bonchev–Trinajstić information content (AvgIpc) is 2.34. The number of benzene rings is 1. The molecule has 0 fully saturated rings. The van der Waals surface area contributed by atoms with E-state index in [1.807, 2.05) is 38.1 Å². The van der Waals surface area contributed by atoms with Crippen LogP contribution >= 0.6 is 0 Å². The fourth-order valence-electron chi connectivity index (χ4n) is 1.76. The number of ether oxygens (including phenoxy) is 2. The molecular weight excluding hydrogens is 212 g/mol. The quantitative estimate of drug-likeness (QED) is 0.731. The molecule has 17 heavy (non-hydrogen) atoms. The molecule has 0 bridgehead atoms. The molecule has 0 saturated carbocycles. The molecule has 0 aliphatic heterocycles. The normalized spacial score (nSPS) is 11.9. The maximum absolute atomic E-state index is 5.42. The Hall–Kier alpha value is -1.70. The van der Waals surface area contributed by atoms with Gasteiger partial charge in [-0.3, -0.25) is 0 Å². The molecule has 0 aromatic heterocycles. The van der Waals surface area contributed by atoms with Gasteiger partial charge < -0.3 is 9.47 Å². The van der Waals surface area contributed by atoms with Crippen molar-refractivity contribution in [3.8, 4) is 11.5 Å². The van der Waals surface area contributed by atoms with Crippen molar-refractivity contribution in [1.82, 2.24) is 0 Å². The summed E-state index contributed by atoms with van der Waals surface area (Å²) in [5, 5.41) is 0. The number of hydrogen-bond donors (Lipinski definition) is 0. The van der Waals surface area contributed by atoms with E-state index in [2.05, 4.69) is 13.0 Å². The SMILES string of the molecule is C/C=C\C=C(/C)c1c(OC)cc(C)cc1OC. The van der Waals surface area contributed by atoms with Crippen LogP contribution in [0.4, 0.5) is 0 Å². The van der Waals surface area contributed by atoms with Gasteiger partial charge in [0.05, 0.1) is 19.8 Å². The first-order valence-electron chi connectivity index (χ1n) is 5.66. The highest BCUT2D eigenvalue weighted by molar-refractivity contribution is 5.75. The average molecular weight is 232 g/mol. The third-order valence-electron chi connectivity index (χ3n) is 2.58. The van der Waals surface area contributed by atoms with Crippen LogP contribution in [0.3, 0.4) is 0 Å². The van der Waals surface area contributed by atoms with Crippen LogP contribution in [0.5, 0.6) is 11.5 Å². The van der Waals surface area contributed by atoms with Crippen LogP contribution in [0.2, 0.25) is 0 Å². The molecule has 0 N–H and O–H groups in total. The lowest BCUT2D eigenvalue weighted by atomic mass is 10.0. The first kappa shape index (κ1) is 13.4. The maximum atomic E-state index is 5.42. The molecular formula is C15H20O2. The summed E-state index contributed by atoms with van der Waals surface area (Å²) < 4.78 is 10.8. The molecule has 2 heteroatoms. The van der Waals surface area contributed by atoms with E-state index >= 15 is 0 Å². The Balaban J connectivity index is 3.38. The minimum Gasteiger partial charge on any atom is -0.496 e. The maximum Gasteiger partial charge on any atom is 0.130 e. The number of rotatable bonds is 4. The van der Waals surface area contributed by atoms with E-state index in [4.69, 9.17) is 9.47 Å². The molecule has 0 unspecified atom stereocenters. The van der Waals surface area contributed by atoms with Crippen molar-refractivity contribution in [2.24, 2.45) is 0 Å². The van der Waals surface area contributed by atoms with E-state index in [0.29, 0.717) is 0 Å². The number of hydrogen-bond acceptors (Lipinski definition) is 2. The zero-order valence-electron chi connectivity index (χ0n) is 11.2. The van der Waals surface area contributed by atoms with Gasteiger partial charge in [0.2, 0.25) is 0 Å². The second-order valence-corrected chi connectivity index (χ2v) is 3.92. The zero-order valence-corrected chi connectivity index (χ0v) is 11.2. The molecule has 0 radical (unpaired) electrons. The molecule has 92 valence electrons. The smallest absolute Gasteiger partial charge is 0.130 e. The van der Waals surface area contributed by atoms with Crippen LogP contribution in [-0.2, 0) is 0 Å². The van der Waals surface area contributed by atoms with Crippen molar-refractivity contribution < 1.29 is 9.47 Å². The van der Waals surface area contributed by atoms with E-state index in [-0.39, 0.29) is 0 Å². The Morgan fingerprint density at radius 1 is 1.12 bits per heavy atom. The molecule has 0 saturated heterocycles. The molecule has 0 spiro atoms. The molecule has 2 nitrogen and oxygen atoms in total. The van der Waals surface area contributed by atoms with Gasteiger partial charge in [0.25, 0.3) is 0 Å². The summed E-state index contributed by atoms with van der Waals surface area (Å²) in [6.45, 7) is 6.07. The Labute approximate surface area is 104 Å². The lowest BCUT2D eigenvalue weighted by molar-refractivity contribution is 0.391. The monoisotopic (exact) mass is 232 g/mol. The molecule has 0 amide bonds. The fraction of sp³-hybridized carbons (Fsp3) is 0.333. The molecule has 1 aromatic rings. The summed E-state index contributed by atoms with van der Waals surface area (Å²) in [5.41, 5.74) is 3.26. The predicted octanol–water partition coefficient (Wildman–Crippen LogP) is 3.99. The molecule has 0 aliphatic rings. The minimum absolute atomic E-state index is 0.847. The van der Waals surface area contributed by atoms with Gasteiger partial charge in [-0.2, -0.15) is 0 Å². The van der Waals surface area contributed by atoms with Crippen LogP contribution in [-0.4, -0.2) is 14.2 Å². The van der Waals surface area contributed by atoms with Crippen LogP contribution in [0.25, 0.3) is 5.57 Å². The van der Waals surface area contributed by atoms with E-state index in [9.17, 15) is 0 Å². The third-order valence-corrected chi connectivity index (χ3v) is 2.58. The summed E-state index contributed by atoms with van der Waals surface area (Å²) in [4.78, 5) is 0. The zero-order chi connectivity index (χ0) is 12.8. The van der Waals surface area contributed by atoms with Crippen LogP contribution in [0.1, 0.15) is 25.0 Å². The van der Waals surface area contributed by atoms with E-state index < -0.39 is 0 Å². The standard InChI is InChI=1S/C15H20O2/c1-6-7-8-12(3)15-13(16-4)9-11(2)10-14(15)17-5/h6-10H,1-5H3/b7-6-,12-8+. The van der Waals surface area contributed by atoms with E-state index in [0.717, 1.165) is 28.2 Å². The fourth-order valence-corrected chi connectivity index (χ4v) is 1.76. The molecule has 1 aromatic carbocycles. The van der Waals surface area contributed by atoms with Gasteiger partial charge in [-0.25, -0.2) is 0 Å². The van der Waals surface area contributed by atoms with Gasteiger partial charge in [-0.15, -0.1) is 0 Å². The predicted molar refractivity (Wildman–Crippen MR) is 72.7 cm³/mol. The van der Waals surface area contributed by atoms with Crippen molar-refractivity contribution in [3.63, 3.8) is 0 Å². The van der Waals surface area contributed by atoms with Gasteiger partial charge in [0.15, 0.2) is 0 Å². The van der Waals surface area contributed by atoms with Crippen molar-refractivity contribution in [3.05, 3.63) is 41.5 Å². The van der Waals surface area contributed by atoms with Gasteiger partial charge in [-0.05, 0) is 44.0 Å². The number of aryl methyl sites for hydroxylation is 1. The highest BCUT2D eigenvalue weighted by Crippen LogP contribution is 2.35. The second-order valence-electron chi connectivity index (χ2n) is 3.92. The van der Waals surface area contributed by atoms with Crippen LogP contribution in [0, 0.1) is 6.92 Å². The lowest BCUT2D eigenvalue weighted by Gasteiger charge is -2.14. The lowest BCUT2D eigenvalue weighted by Crippen LogP contribution is -1.96. The number of methoxy groups -OCH3 is 2. The highest BCUT2D eigenvalue weighted by Gasteiger charge is 2.12. The van der Waals surface area contributed by atoms with Gasteiger partial charge >= 0.3 is 0 Å². The summed E-state index contributed by atoms with van der Waals surface area (Å²) >= 11 is 0. The first-order valence-corrected chi connectivity index (χ1v) is 5.66. The minimum atomic E-state index is 0.847. The van der Waals surface area contributed by atoms with E-state index in [1.165, 1.54) is 0 Å². The Kier molecular flexibility index (Phi) is 4.83. The molecule has 1 rings (SSSR count).